The third-order valence-corrected chi connectivity index (χ3v) is 5.85. The number of ketones is 1. The fourth-order valence-corrected chi connectivity index (χ4v) is 4.39. The van der Waals surface area contributed by atoms with Gasteiger partial charge in [0.15, 0.2) is 0 Å². The molecular weight excluding hydrogens is 459 g/mol. The minimum absolute atomic E-state index is 0.0188. The number of benzene rings is 3. The van der Waals surface area contributed by atoms with Gasteiger partial charge in [0, 0.05) is 11.3 Å². The number of ether oxygens (including phenoxy) is 1. The Morgan fingerprint density at radius 3 is 2.44 bits per heavy atom. The van der Waals surface area contributed by atoms with E-state index < -0.39 is 29.3 Å². The van der Waals surface area contributed by atoms with E-state index >= 15 is 0 Å². The number of nitrogens with zero attached hydrogens (tertiary/aromatic N) is 2. The van der Waals surface area contributed by atoms with Crippen LogP contribution in [-0.4, -0.2) is 23.9 Å². The molecule has 0 aromatic heterocycles. The number of methoxy groups -OCH3 is 1. The zero-order valence-electron chi connectivity index (χ0n) is 18.2. The molecule has 1 N–H and O–H groups in total. The fourth-order valence-electron chi connectivity index (χ4n) is 4.04. The van der Waals surface area contributed by atoms with Crippen molar-refractivity contribution in [2.75, 3.05) is 12.0 Å². The van der Waals surface area contributed by atoms with Gasteiger partial charge in [0.25, 0.3) is 11.7 Å². The van der Waals surface area contributed by atoms with E-state index in [1.54, 1.807) is 25.1 Å². The predicted octanol–water partition coefficient (Wildman–Crippen LogP) is 5.29. The molecule has 1 aliphatic heterocycles. The maximum absolute atomic E-state index is 15.0. The number of nitriles is 1. The summed E-state index contributed by atoms with van der Waals surface area (Å²) in [5, 5.41) is 20.6. The minimum atomic E-state index is -1.27. The molecule has 0 saturated carbocycles. The topological polar surface area (TPSA) is 90.6 Å². The van der Waals surface area contributed by atoms with Crippen molar-refractivity contribution >= 4 is 34.7 Å². The normalized spacial score (nSPS) is 17.0. The Kier molecular flexibility index (Phi) is 6.10. The summed E-state index contributed by atoms with van der Waals surface area (Å²) in [4.78, 5) is 27.5. The molecule has 1 aliphatic rings. The molecule has 1 heterocycles. The van der Waals surface area contributed by atoms with E-state index in [4.69, 9.17) is 21.6 Å². The van der Waals surface area contributed by atoms with Crippen molar-refractivity contribution in [2.24, 2.45) is 0 Å². The highest BCUT2D eigenvalue weighted by Gasteiger charge is 2.48. The smallest absolute Gasteiger partial charge is 0.300 e. The first-order valence-corrected chi connectivity index (χ1v) is 10.6. The van der Waals surface area contributed by atoms with Crippen molar-refractivity contribution in [3.05, 3.63) is 99.3 Å². The van der Waals surface area contributed by atoms with Crippen molar-refractivity contribution in [2.45, 2.75) is 13.0 Å². The molecule has 0 radical (unpaired) electrons. The van der Waals surface area contributed by atoms with Gasteiger partial charge in [-0.15, -0.1) is 0 Å². The number of Topliss-reactive ketones (excluding diaryl/α,β-unsaturated/α-hetero) is 1. The van der Waals surface area contributed by atoms with E-state index in [1.165, 1.54) is 49.6 Å². The largest absolute Gasteiger partial charge is 0.507 e. The van der Waals surface area contributed by atoms with Crippen LogP contribution in [0.2, 0.25) is 5.02 Å². The maximum atomic E-state index is 15.0. The molecule has 3 aromatic carbocycles. The summed E-state index contributed by atoms with van der Waals surface area (Å²) in [6.07, 6.45) is 0. The summed E-state index contributed by atoms with van der Waals surface area (Å²) in [7, 11) is 1.36. The van der Waals surface area contributed by atoms with Crippen LogP contribution >= 0.6 is 11.6 Å². The number of hydrogen-bond acceptors (Lipinski definition) is 5. The summed E-state index contributed by atoms with van der Waals surface area (Å²) in [5.41, 5.74) is 1.11. The number of carbonyl (C=O) groups excluding carboxylic acids is 2. The van der Waals surface area contributed by atoms with Crippen LogP contribution in [0.15, 0.2) is 66.2 Å². The summed E-state index contributed by atoms with van der Waals surface area (Å²) in [6.45, 7) is 1.74. The monoisotopic (exact) mass is 476 g/mol. The van der Waals surface area contributed by atoms with E-state index in [-0.39, 0.29) is 33.2 Å². The fraction of sp³-hybridized carbons (Fsp3) is 0.115. The van der Waals surface area contributed by atoms with Gasteiger partial charge in [0.1, 0.15) is 17.3 Å². The van der Waals surface area contributed by atoms with Gasteiger partial charge in [-0.2, -0.15) is 5.26 Å². The molecule has 1 atom stereocenters. The Hall–Kier alpha value is -4.15. The van der Waals surface area contributed by atoms with Crippen LogP contribution in [0.5, 0.6) is 5.75 Å². The van der Waals surface area contributed by atoms with Crippen LogP contribution in [0.4, 0.5) is 10.1 Å². The summed E-state index contributed by atoms with van der Waals surface area (Å²) in [5.74, 6) is -3.02. The quantitative estimate of drug-likeness (QED) is 0.314. The first kappa shape index (κ1) is 23.0. The third-order valence-electron chi connectivity index (χ3n) is 5.57. The Labute approximate surface area is 200 Å². The lowest BCUT2D eigenvalue weighted by Gasteiger charge is -2.26. The van der Waals surface area contributed by atoms with E-state index in [1.807, 2.05) is 6.07 Å². The second-order valence-corrected chi connectivity index (χ2v) is 8.08. The van der Waals surface area contributed by atoms with Crippen molar-refractivity contribution < 1.29 is 23.8 Å². The number of halogens is 2. The number of rotatable bonds is 4. The zero-order chi connectivity index (χ0) is 24.6. The number of hydrogen-bond donors (Lipinski definition) is 1. The Balaban J connectivity index is 2.02. The zero-order valence-corrected chi connectivity index (χ0v) is 18.9. The van der Waals surface area contributed by atoms with Gasteiger partial charge in [-0.3, -0.25) is 14.5 Å². The summed E-state index contributed by atoms with van der Waals surface area (Å²) < 4.78 is 20.3. The van der Waals surface area contributed by atoms with Gasteiger partial charge in [0.05, 0.1) is 40.9 Å². The average Bonchev–Trinajstić information content (AvgIpc) is 3.08. The second kappa shape index (κ2) is 9.00. The van der Waals surface area contributed by atoms with Crippen LogP contribution in [0.25, 0.3) is 5.76 Å². The van der Waals surface area contributed by atoms with Crippen LogP contribution in [0.1, 0.15) is 28.3 Å². The Morgan fingerprint density at radius 2 is 1.82 bits per heavy atom. The Bertz CT molecular complexity index is 1390. The molecule has 6 nitrogen and oxygen atoms in total. The molecule has 0 bridgehead atoms. The average molecular weight is 477 g/mol. The minimum Gasteiger partial charge on any atom is -0.507 e. The van der Waals surface area contributed by atoms with Crippen molar-refractivity contribution in [1.29, 1.82) is 5.26 Å². The van der Waals surface area contributed by atoms with Crippen molar-refractivity contribution in [3.63, 3.8) is 0 Å². The number of anilines is 1. The summed E-state index contributed by atoms with van der Waals surface area (Å²) in [6, 6.07) is 15.5. The van der Waals surface area contributed by atoms with E-state index in [9.17, 15) is 19.1 Å². The van der Waals surface area contributed by atoms with E-state index in [2.05, 4.69) is 0 Å². The molecule has 1 unspecified atom stereocenters. The van der Waals surface area contributed by atoms with E-state index in [0.29, 0.717) is 11.1 Å². The second-order valence-electron chi connectivity index (χ2n) is 7.68. The molecule has 0 spiro atoms. The highest BCUT2D eigenvalue weighted by atomic mass is 35.5. The summed E-state index contributed by atoms with van der Waals surface area (Å²) >= 11 is 6.28. The molecule has 8 heteroatoms. The van der Waals surface area contributed by atoms with Crippen LogP contribution < -0.4 is 9.64 Å². The van der Waals surface area contributed by atoms with Gasteiger partial charge in [-0.05, 0) is 55.0 Å². The number of carbonyl (C=O) groups is 2. The molecule has 170 valence electrons. The highest BCUT2D eigenvalue weighted by molar-refractivity contribution is 6.51. The number of amides is 1. The number of aliphatic hydroxyl groups excluding tert-OH is 1. The van der Waals surface area contributed by atoms with Crippen LogP contribution in [0.3, 0.4) is 0 Å². The Morgan fingerprint density at radius 1 is 1.15 bits per heavy atom. The van der Waals surface area contributed by atoms with Gasteiger partial charge < -0.3 is 9.84 Å². The lowest BCUT2D eigenvalue weighted by molar-refractivity contribution is -0.132. The van der Waals surface area contributed by atoms with Gasteiger partial charge in [0.2, 0.25) is 0 Å². The number of aliphatic hydroxyl groups is 1. The van der Waals surface area contributed by atoms with Crippen molar-refractivity contribution in [3.8, 4) is 11.8 Å². The van der Waals surface area contributed by atoms with Gasteiger partial charge in [-0.25, -0.2) is 4.39 Å². The standard InChI is InChI=1S/C26H18ClFN2O4/c1-14-11-18(25(34-2)19(27)12-14)23(31)21-22(17-5-3-4-6-20(17)28)30(26(33)24(21)32)16-9-7-15(13-29)8-10-16/h3-12,22,31H,1-2H3/b23-21+. The van der Waals surface area contributed by atoms with E-state index in [0.717, 1.165) is 4.90 Å². The predicted molar refractivity (Wildman–Crippen MR) is 125 cm³/mol. The molecule has 1 saturated heterocycles. The van der Waals surface area contributed by atoms with Gasteiger partial charge in [-0.1, -0.05) is 29.8 Å². The molecule has 4 rings (SSSR count). The molecular formula is C26H18ClFN2O4. The number of aryl methyl sites for hydroxylation is 1. The van der Waals surface area contributed by atoms with Gasteiger partial charge >= 0.3 is 0 Å². The molecule has 3 aromatic rings. The third kappa shape index (κ3) is 3.78. The highest BCUT2D eigenvalue weighted by Crippen LogP contribution is 2.45. The maximum Gasteiger partial charge on any atom is 0.300 e. The lowest BCUT2D eigenvalue weighted by atomic mass is 9.94. The molecule has 1 fully saturated rings. The molecule has 34 heavy (non-hydrogen) atoms. The lowest BCUT2D eigenvalue weighted by Crippen LogP contribution is -2.29. The first-order valence-electron chi connectivity index (χ1n) is 10.2. The van der Waals surface area contributed by atoms with Crippen molar-refractivity contribution in [1.82, 2.24) is 0 Å². The molecule has 0 aliphatic carbocycles. The SMILES string of the molecule is COc1c(Cl)cc(C)cc1/C(O)=C1\C(=O)C(=O)N(c2ccc(C#N)cc2)C1c1ccccc1F. The van der Waals surface area contributed by atoms with Crippen LogP contribution in [-0.2, 0) is 9.59 Å². The van der Waals surface area contributed by atoms with Crippen LogP contribution in [0, 0.1) is 24.1 Å². The first-order chi connectivity index (χ1) is 16.3. The molecule has 1 amide bonds.